The van der Waals surface area contributed by atoms with Crippen LogP contribution < -0.4 is 10.9 Å². The van der Waals surface area contributed by atoms with Gasteiger partial charge in [0, 0.05) is 44.5 Å². The van der Waals surface area contributed by atoms with E-state index in [1.54, 1.807) is 10.8 Å². The molecule has 0 spiro atoms. The van der Waals surface area contributed by atoms with E-state index in [2.05, 4.69) is 28.4 Å². The van der Waals surface area contributed by atoms with Gasteiger partial charge in [0.2, 0.25) is 5.88 Å². The van der Waals surface area contributed by atoms with Gasteiger partial charge in [0.15, 0.2) is 5.56 Å². The first-order valence-electron chi connectivity index (χ1n) is 11.1. The van der Waals surface area contributed by atoms with E-state index < -0.39 is 11.5 Å². The molecule has 2 aromatic heterocycles. The van der Waals surface area contributed by atoms with Gasteiger partial charge in [-0.2, -0.15) is 9.61 Å². The number of nitrogens with one attached hydrogen (secondary N) is 1. The summed E-state index contributed by atoms with van der Waals surface area (Å²) in [5, 5.41) is 18.4. The number of aromatic nitrogens is 3. The van der Waals surface area contributed by atoms with Crippen LogP contribution in [0.2, 0.25) is 0 Å². The largest absolute Gasteiger partial charge is 0.494 e. The molecule has 1 saturated carbocycles. The van der Waals surface area contributed by atoms with E-state index in [1.807, 2.05) is 0 Å². The van der Waals surface area contributed by atoms with Gasteiger partial charge in [-0.05, 0) is 50.6 Å². The predicted molar refractivity (Wildman–Crippen MR) is 115 cm³/mol. The molecule has 4 heterocycles. The number of fused-ring (bicyclic) bond motifs is 1. The van der Waals surface area contributed by atoms with Crippen molar-refractivity contribution in [2.75, 3.05) is 33.4 Å². The minimum atomic E-state index is -0.575. The lowest BCUT2D eigenvalue weighted by atomic mass is 9.99. The van der Waals surface area contributed by atoms with Crippen molar-refractivity contribution in [3.63, 3.8) is 0 Å². The summed E-state index contributed by atoms with van der Waals surface area (Å²) in [5.74, 6) is -0.500. The molecule has 2 aromatic rings. The maximum Gasteiger partial charge on any atom is 0.291 e. The van der Waals surface area contributed by atoms with E-state index >= 15 is 0 Å². The van der Waals surface area contributed by atoms with Gasteiger partial charge in [0.1, 0.15) is 5.65 Å². The predicted octanol–water partition coefficient (Wildman–Crippen LogP) is 1.24. The zero-order valence-electron chi connectivity index (χ0n) is 17.8. The first kappa shape index (κ1) is 20.3. The summed E-state index contributed by atoms with van der Waals surface area (Å²) in [6.45, 7) is 3.61. The highest BCUT2D eigenvalue weighted by Crippen LogP contribution is 2.30. The smallest absolute Gasteiger partial charge is 0.291 e. The van der Waals surface area contributed by atoms with Crippen LogP contribution in [0.5, 0.6) is 5.88 Å². The molecule has 5 rings (SSSR count). The normalized spacial score (nSPS) is 20.7. The number of aromatic hydroxyl groups is 1. The number of hydrogen-bond acceptors (Lipinski definition) is 6. The highest BCUT2D eigenvalue weighted by molar-refractivity contribution is 5.97. The monoisotopic (exact) mass is 427 g/mol. The van der Waals surface area contributed by atoms with Crippen molar-refractivity contribution in [1.29, 1.82) is 0 Å². The lowest BCUT2D eigenvalue weighted by Crippen LogP contribution is -2.35. The average molecular weight is 428 g/mol. The van der Waals surface area contributed by atoms with Gasteiger partial charge < -0.3 is 20.1 Å². The molecule has 0 bridgehead atoms. The van der Waals surface area contributed by atoms with Crippen LogP contribution in [0, 0.1) is 5.92 Å². The van der Waals surface area contributed by atoms with E-state index in [9.17, 15) is 14.7 Å². The number of carbonyl (C=O) groups excluding carboxylic acids is 1. The Bertz CT molecular complexity index is 1090. The highest BCUT2D eigenvalue weighted by atomic mass is 16.5. The van der Waals surface area contributed by atoms with Crippen LogP contribution in [0.15, 0.2) is 17.1 Å². The maximum absolute atomic E-state index is 13.2. The Balaban J connectivity index is 1.65. The second-order valence-corrected chi connectivity index (χ2v) is 8.95. The summed E-state index contributed by atoms with van der Waals surface area (Å²) in [7, 11) is 2.07. The Kier molecular flexibility index (Phi) is 5.31. The molecule has 1 amide bonds. The maximum atomic E-state index is 13.2. The number of carbonyl (C=O) groups is 1. The molecule has 0 radical (unpaired) electrons. The van der Waals surface area contributed by atoms with Gasteiger partial charge in [-0.1, -0.05) is 6.08 Å². The second-order valence-electron chi connectivity index (χ2n) is 8.95. The number of nitrogens with zero attached hydrogens (tertiary/aromatic N) is 4. The quantitative estimate of drug-likeness (QED) is 0.745. The Labute approximate surface area is 180 Å². The summed E-state index contributed by atoms with van der Waals surface area (Å²) in [6, 6.07) is 0.0866. The lowest BCUT2D eigenvalue weighted by molar-refractivity contribution is 0.0607. The van der Waals surface area contributed by atoms with Crippen LogP contribution in [0.25, 0.3) is 11.2 Å². The summed E-state index contributed by atoms with van der Waals surface area (Å²) in [4.78, 5) is 28.2. The van der Waals surface area contributed by atoms with Crippen molar-refractivity contribution >= 4 is 17.1 Å². The molecule has 9 nitrogen and oxygen atoms in total. The number of ether oxygens (including phenoxy) is 1. The molecule has 1 aliphatic carbocycles. The third-order valence-corrected chi connectivity index (χ3v) is 6.56. The van der Waals surface area contributed by atoms with Crippen LogP contribution in [-0.2, 0) is 11.3 Å². The van der Waals surface area contributed by atoms with E-state index in [-0.39, 0.29) is 17.5 Å². The third kappa shape index (κ3) is 3.87. The number of amides is 1. The van der Waals surface area contributed by atoms with Gasteiger partial charge >= 0.3 is 0 Å². The zero-order valence-corrected chi connectivity index (χ0v) is 17.8. The molecular weight excluding hydrogens is 398 g/mol. The van der Waals surface area contributed by atoms with E-state index in [0.717, 1.165) is 56.3 Å². The van der Waals surface area contributed by atoms with Gasteiger partial charge in [-0.3, -0.25) is 14.2 Å². The van der Waals surface area contributed by atoms with Crippen molar-refractivity contribution in [3.05, 3.63) is 33.8 Å². The number of rotatable bonds is 5. The van der Waals surface area contributed by atoms with Crippen molar-refractivity contribution in [1.82, 2.24) is 24.4 Å². The standard InChI is InChI=1S/C22H29N5O4/c1-25-8-4-15(5-9-25)17-12-23-27-20(17)26(13-14-6-10-31-11-7-14)21(29)18(22(27)30)19(28)24-16-2-3-16/h4,12,14,16,29H,2-3,5-11,13H2,1H3,(H,24,28). The molecule has 0 aromatic carbocycles. The second kappa shape index (κ2) is 8.12. The molecule has 2 fully saturated rings. The Morgan fingerprint density at radius 2 is 2.06 bits per heavy atom. The molecule has 31 heavy (non-hydrogen) atoms. The molecule has 2 N–H and O–H groups in total. The topological polar surface area (TPSA) is 101 Å². The van der Waals surface area contributed by atoms with Gasteiger partial charge in [0.25, 0.3) is 11.5 Å². The molecule has 9 heteroatoms. The number of likely N-dealkylation sites (N-methyl/N-ethyl adjacent to an activating group) is 1. The summed E-state index contributed by atoms with van der Waals surface area (Å²) < 4.78 is 8.49. The first-order valence-corrected chi connectivity index (χ1v) is 11.1. The van der Waals surface area contributed by atoms with Gasteiger partial charge in [0.05, 0.1) is 6.20 Å². The molecule has 2 aliphatic heterocycles. The minimum absolute atomic E-state index is 0.0866. The van der Waals surface area contributed by atoms with Crippen molar-refractivity contribution in [2.45, 2.75) is 44.7 Å². The fourth-order valence-corrected chi connectivity index (χ4v) is 4.47. The highest BCUT2D eigenvalue weighted by Gasteiger charge is 2.31. The van der Waals surface area contributed by atoms with E-state index in [0.29, 0.717) is 31.3 Å². The Hall–Kier alpha value is -2.65. The van der Waals surface area contributed by atoms with Crippen molar-refractivity contribution in [3.8, 4) is 5.88 Å². The van der Waals surface area contributed by atoms with E-state index in [4.69, 9.17) is 4.74 Å². The zero-order chi connectivity index (χ0) is 21.5. The van der Waals surface area contributed by atoms with Crippen LogP contribution in [0.3, 0.4) is 0 Å². The summed E-state index contributed by atoms with van der Waals surface area (Å²) in [5.41, 5.74) is 1.73. The van der Waals surface area contributed by atoms with Gasteiger partial charge in [-0.15, -0.1) is 0 Å². The first-order chi connectivity index (χ1) is 15.0. The van der Waals surface area contributed by atoms with Crippen molar-refractivity contribution in [2.24, 2.45) is 5.92 Å². The molecule has 0 atom stereocenters. The van der Waals surface area contributed by atoms with Crippen LogP contribution in [0.1, 0.15) is 48.0 Å². The summed E-state index contributed by atoms with van der Waals surface area (Å²) >= 11 is 0. The third-order valence-electron chi connectivity index (χ3n) is 6.56. The Morgan fingerprint density at radius 1 is 1.29 bits per heavy atom. The SMILES string of the molecule is CN1CC=C(c2cnn3c(=O)c(C(=O)NC4CC4)c(O)n(CC4CCOCC4)c23)CC1. The van der Waals surface area contributed by atoms with Crippen molar-refractivity contribution < 1.29 is 14.6 Å². The van der Waals surface area contributed by atoms with Crippen LogP contribution in [-0.4, -0.2) is 69.5 Å². The molecule has 0 unspecified atom stereocenters. The minimum Gasteiger partial charge on any atom is -0.494 e. The molecule has 3 aliphatic rings. The average Bonchev–Trinajstić information content (AvgIpc) is 3.47. The molecular formula is C22H29N5O4. The molecule has 1 saturated heterocycles. The number of hydrogen-bond donors (Lipinski definition) is 2. The summed E-state index contributed by atoms with van der Waals surface area (Å²) in [6.07, 6.45) is 8.23. The fourth-order valence-electron chi connectivity index (χ4n) is 4.47. The Morgan fingerprint density at radius 3 is 2.74 bits per heavy atom. The van der Waals surface area contributed by atoms with E-state index in [1.165, 1.54) is 4.52 Å². The fraction of sp³-hybridized carbons (Fsp3) is 0.591. The van der Waals surface area contributed by atoms with Crippen LogP contribution in [0.4, 0.5) is 0 Å². The van der Waals surface area contributed by atoms with Gasteiger partial charge in [-0.25, -0.2) is 0 Å². The molecule has 166 valence electrons. The lowest BCUT2D eigenvalue weighted by Gasteiger charge is -2.26. The van der Waals surface area contributed by atoms with Crippen LogP contribution >= 0.6 is 0 Å².